The largest absolute Gasteiger partial charge is 0.416 e. The molecule has 1 unspecified atom stereocenters. The SMILES string of the molecule is Cc1cc(C(F)(F)F)cc(N2C(C(=O)NCCN(C)C)CC(=O)N2c2ccc(F)c(F)c2)n1. The van der Waals surface area contributed by atoms with Crippen LogP contribution < -0.4 is 15.3 Å². The van der Waals surface area contributed by atoms with Crippen molar-refractivity contribution in [2.75, 3.05) is 37.2 Å². The molecule has 2 heterocycles. The summed E-state index contributed by atoms with van der Waals surface area (Å²) in [5.74, 6) is -4.06. The molecule has 1 aliphatic rings. The van der Waals surface area contributed by atoms with E-state index in [1.807, 2.05) is 4.90 Å². The summed E-state index contributed by atoms with van der Waals surface area (Å²) in [5, 5.41) is 4.48. The van der Waals surface area contributed by atoms with Crippen molar-refractivity contribution < 1.29 is 31.5 Å². The van der Waals surface area contributed by atoms with E-state index in [-0.39, 0.29) is 23.7 Å². The van der Waals surface area contributed by atoms with Gasteiger partial charge in [-0.2, -0.15) is 13.2 Å². The number of halogens is 5. The molecular formula is C21H22F5N5O2. The monoisotopic (exact) mass is 471 g/mol. The Morgan fingerprint density at radius 2 is 1.88 bits per heavy atom. The Kier molecular flexibility index (Phi) is 6.86. The summed E-state index contributed by atoms with van der Waals surface area (Å²) in [7, 11) is 3.58. The summed E-state index contributed by atoms with van der Waals surface area (Å²) in [6.45, 7) is 2.05. The number of aryl methyl sites for hydroxylation is 1. The summed E-state index contributed by atoms with van der Waals surface area (Å²) in [5.41, 5.74) is -1.18. The predicted octanol–water partition coefficient (Wildman–Crippen LogP) is 2.89. The number of nitrogens with zero attached hydrogens (tertiary/aromatic N) is 4. The van der Waals surface area contributed by atoms with E-state index in [2.05, 4.69) is 10.3 Å². The van der Waals surface area contributed by atoms with Crippen LogP contribution in [0, 0.1) is 18.6 Å². The number of pyridine rings is 1. The first kappa shape index (κ1) is 24.4. The van der Waals surface area contributed by atoms with E-state index in [0.717, 1.165) is 34.3 Å². The van der Waals surface area contributed by atoms with E-state index in [0.29, 0.717) is 12.6 Å². The number of alkyl halides is 3. The first-order valence-corrected chi connectivity index (χ1v) is 9.94. The van der Waals surface area contributed by atoms with Crippen LogP contribution in [-0.2, 0) is 15.8 Å². The molecule has 178 valence electrons. The number of anilines is 2. The number of aromatic nitrogens is 1. The van der Waals surface area contributed by atoms with Crippen LogP contribution in [0.3, 0.4) is 0 Å². The van der Waals surface area contributed by atoms with Crippen LogP contribution in [0.5, 0.6) is 0 Å². The van der Waals surface area contributed by atoms with Gasteiger partial charge in [-0.25, -0.2) is 23.8 Å². The molecule has 1 aliphatic heterocycles. The molecule has 7 nitrogen and oxygen atoms in total. The lowest BCUT2D eigenvalue weighted by molar-refractivity contribution is -0.137. The van der Waals surface area contributed by atoms with Crippen molar-refractivity contribution in [3.8, 4) is 0 Å². The number of carbonyl (C=O) groups excluding carboxylic acids is 2. The van der Waals surface area contributed by atoms with E-state index in [4.69, 9.17) is 0 Å². The van der Waals surface area contributed by atoms with E-state index < -0.39 is 47.7 Å². The Morgan fingerprint density at radius 3 is 2.48 bits per heavy atom. The third kappa shape index (κ3) is 5.38. The number of rotatable bonds is 6. The quantitative estimate of drug-likeness (QED) is 0.657. The second kappa shape index (κ2) is 9.30. The summed E-state index contributed by atoms with van der Waals surface area (Å²) in [6, 6.07) is 2.89. The highest BCUT2D eigenvalue weighted by molar-refractivity contribution is 6.05. The zero-order chi connectivity index (χ0) is 24.5. The summed E-state index contributed by atoms with van der Waals surface area (Å²) in [4.78, 5) is 31.6. The van der Waals surface area contributed by atoms with Gasteiger partial charge in [0.2, 0.25) is 11.8 Å². The highest BCUT2D eigenvalue weighted by Gasteiger charge is 2.45. The van der Waals surface area contributed by atoms with Crippen LogP contribution in [0.1, 0.15) is 17.7 Å². The van der Waals surface area contributed by atoms with Gasteiger partial charge in [-0.1, -0.05) is 0 Å². The predicted molar refractivity (Wildman–Crippen MR) is 110 cm³/mol. The van der Waals surface area contributed by atoms with Gasteiger partial charge in [0.25, 0.3) is 0 Å². The molecule has 2 amide bonds. The molecule has 33 heavy (non-hydrogen) atoms. The maximum atomic E-state index is 13.9. The lowest BCUT2D eigenvalue weighted by Crippen LogP contribution is -2.50. The minimum absolute atomic E-state index is 0.00354. The van der Waals surface area contributed by atoms with Crippen LogP contribution in [-0.4, -0.2) is 54.9 Å². The normalized spacial score (nSPS) is 16.6. The fraction of sp³-hybridized carbons (Fsp3) is 0.381. The second-order valence-corrected chi connectivity index (χ2v) is 7.82. The van der Waals surface area contributed by atoms with Gasteiger partial charge in [0, 0.05) is 24.8 Å². The number of amides is 2. The second-order valence-electron chi connectivity index (χ2n) is 7.82. The topological polar surface area (TPSA) is 68.8 Å². The number of benzene rings is 1. The fourth-order valence-electron chi connectivity index (χ4n) is 3.40. The van der Waals surface area contributed by atoms with Crippen molar-refractivity contribution in [2.45, 2.75) is 25.6 Å². The van der Waals surface area contributed by atoms with Crippen molar-refractivity contribution in [3.63, 3.8) is 0 Å². The number of likely N-dealkylation sites (N-methyl/N-ethyl adjacent to an activating group) is 1. The smallest absolute Gasteiger partial charge is 0.353 e. The van der Waals surface area contributed by atoms with Gasteiger partial charge in [-0.05, 0) is 45.3 Å². The van der Waals surface area contributed by atoms with Gasteiger partial charge in [0.15, 0.2) is 11.6 Å². The van der Waals surface area contributed by atoms with E-state index in [1.54, 1.807) is 14.1 Å². The van der Waals surface area contributed by atoms with Crippen LogP contribution in [0.4, 0.5) is 33.5 Å². The molecule has 1 atom stereocenters. The van der Waals surface area contributed by atoms with Crippen molar-refractivity contribution in [1.82, 2.24) is 15.2 Å². The number of nitrogens with one attached hydrogen (secondary N) is 1. The first-order chi connectivity index (χ1) is 15.4. The molecule has 1 saturated heterocycles. The molecule has 0 saturated carbocycles. The van der Waals surface area contributed by atoms with Crippen LogP contribution in [0.2, 0.25) is 0 Å². The Bertz CT molecular complexity index is 1060. The van der Waals surface area contributed by atoms with E-state index in [9.17, 15) is 31.5 Å². The average molecular weight is 471 g/mol. The highest BCUT2D eigenvalue weighted by Crippen LogP contribution is 2.36. The molecule has 1 fully saturated rings. The minimum atomic E-state index is -4.71. The molecule has 3 rings (SSSR count). The van der Waals surface area contributed by atoms with Crippen molar-refractivity contribution in [3.05, 3.63) is 53.2 Å². The zero-order valence-corrected chi connectivity index (χ0v) is 18.1. The van der Waals surface area contributed by atoms with Gasteiger partial charge >= 0.3 is 6.18 Å². The Hall–Kier alpha value is -3.28. The van der Waals surface area contributed by atoms with E-state index in [1.165, 1.54) is 6.92 Å². The Balaban J connectivity index is 2.08. The van der Waals surface area contributed by atoms with Crippen molar-refractivity contribution in [2.24, 2.45) is 0 Å². The lowest BCUT2D eigenvalue weighted by atomic mass is 10.1. The number of hydrogen-bond acceptors (Lipinski definition) is 5. The molecule has 0 radical (unpaired) electrons. The van der Waals surface area contributed by atoms with Crippen LogP contribution >= 0.6 is 0 Å². The molecule has 0 spiro atoms. The number of hydrogen-bond donors (Lipinski definition) is 1. The van der Waals surface area contributed by atoms with Gasteiger partial charge in [-0.3, -0.25) is 9.59 Å². The van der Waals surface area contributed by atoms with Gasteiger partial charge in [0.1, 0.15) is 11.9 Å². The molecule has 2 aromatic rings. The Morgan fingerprint density at radius 1 is 1.18 bits per heavy atom. The number of hydrazine groups is 1. The number of carbonyl (C=O) groups is 2. The van der Waals surface area contributed by atoms with Crippen molar-refractivity contribution in [1.29, 1.82) is 0 Å². The standard InChI is InChI=1S/C21H22F5N5O2/c1-12-8-13(21(24,25)26)9-18(28-12)31-17(20(33)27-6-7-29(2)3)11-19(32)30(31)14-4-5-15(22)16(23)10-14/h4-5,8-10,17H,6-7,11H2,1-3H3,(H,27,33). The average Bonchev–Trinajstić information content (AvgIpc) is 3.06. The molecule has 0 aliphatic carbocycles. The molecule has 0 bridgehead atoms. The zero-order valence-electron chi connectivity index (χ0n) is 18.1. The highest BCUT2D eigenvalue weighted by atomic mass is 19.4. The molecule has 1 N–H and O–H groups in total. The van der Waals surface area contributed by atoms with Gasteiger partial charge in [-0.15, -0.1) is 0 Å². The molecule has 12 heteroatoms. The molecular weight excluding hydrogens is 449 g/mol. The maximum Gasteiger partial charge on any atom is 0.416 e. The van der Waals surface area contributed by atoms with Gasteiger partial charge < -0.3 is 10.2 Å². The van der Waals surface area contributed by atoms with Crippen molar-refractivity contribution >= 4 is 23.3 Å². The Labute approximate surface area is 186 Å². The maximum absolute atomic E-state index is 13.9. The first-order valence-electron chi connectivity index (χ1n) is 9.94. The van der Waals surface area contributed by atoms with Crippen LogP contribution in [0.25, 0.3) is 0 Å². The summed E-state index contributed by atoms with van der Waals surface area (Å²) >= 11 is 0. The minimum Gasteiger partial charge on any atom is -0.353 e. The van der Waals surface area contributed by atoms with Gasteiger partial charge in [0.05, 0.1) is 17.7 Å². The summed E-state index contributed by atoms with van der Waals surface area (Å²) < 4.78 is 67.6. The molecule has 1 aromatic heterocycles. The third-order valence-corrected chi connectivity index (χ3v) is 4.93. The third-order valence-electron chi connectivity index (χ3n) is 4.93. The summed E-state index contributed by atoms with van der Waals surface area (Å²) in [6.07, 6.45) is -5.10. The van der Waals surface area contributed by atoms with Crippen LogP contribution in [0.15, 0.2) is 30.3 Å². The fourth-order valence-corrected chi connectivity index (χ4v) is 3.40. The lowest BCUT2D eigenvalue weighted by Gasteiger charge is -2.33. The molecule has 1 aromatic carbocycles. The van der Waals surface area contributed by atoms with E-state index >= 15 is 0 Å².